The van der Waals surface area contributed by atoms with E-state index in [4.69, 9.17) is 0 Å². The van der Waals surface area contributed by atoms with E-state index >= 15 is 0 Å². The van der Waals surface area contributed by atoms with Crippen molar-refractivity contribution in [1.29, 1.82) is 0 Å². The summed E-state index contributed by atoms with van der Waals surface area (Å²) in [6, 6.07) is 2.84. The van der Waals surface area contributed by atoms with Crippen molar-refractivity contribution in [3.05, 3.63) is 27.7 Å². The Morgan fingerprint density at radius 1 is 1.53 bits per heavy atom. The van der Waals surface area contributed by atoms with Gasteiger partial charge in [0.15, 0.2) is 0 Å². The number of hydrogen-bond acceptors (Lipinski definition) is 4. The third kappa shape index (κ3) is 2.49. The molecule has 0 spiro atoms. The van der Waals surface area contributed by atoms with Gasteiger partial charge in [0.25, 0.3) is 0 Å². The van der Waals surface area contributed by atoms with Crippen molar-refractivity contribution >= 4 is 21.9 Å². The summed E-state index contributed by atoms with van der Waals surface area (Å²) in [5.74, 6) is -0.588. The number of carbonyl (C=O) groups is 1. The molecule has 82 valence electrons. The Kier molecular flexibility index (Phi) is 3.71. The average molecular weight is 275 g/mol. The summed E-state index contributed by atoms with van der Waals surface area (Å²) in [6.07, 6.45) is -0.856. The lowest BCUT2D eigenvalue weighted by Crippen LogP contribution is -2.03. The van der Waals surface area contributed by atoms with Crippen LogP contribution >= 0.6 is 15.9 Å². The molecule has 0 saturated heterocycles. The summed E-state index contributed by atoms with van der Waals surface area (Å²) >= 11 is 3.09. The van der Waals surface area contributed by atoms with E-state index in [1.807, 2.05) is 0 Å². The Bertz CT molecular complexity index is 387. The standard InChI is InChI=1S/C10H11BrO4/c1-5(12)7-3-6(10(14)15-2)4-8(11)9(7)13/h3-5,12-13H,1-2H3. The number of aliphatic hydroxyl groups is 1. The number of aromatic hydroxyl groups is 1. The fraction of sp³-hybridized carbons (Fsp3) is 0.300. The first-order chi connectivity index (χ1) is 6.97. The lowest BCUT2D eigenvalue weighted by atomic mass is 10.1. The zero-order valence-corrected chi connectivity index (χ0v) is 9.91. The van der Waals surface area contributed by atoms with Crippen molar-refractivity contribution in [1.82, 2.24) is 0 Å². The second kappa shape index (κ2) is 4.63. The number of phenols is 1. The first-order valence-corrected chi connectivity index (χ1v) is 5.05. The summed E-state index contributed by atoms with van der Waals surface area (Å²) in [4.78, 5) is 11.2. The molecule has 0 aliphatic heterocycles. The van der Waals surface area contributed by atoms with Gasteiger partial charge in [-0.15, -0.1) is 0 Å². The van der Waals surface area contributed by atoms with Crippen molar-refractivity contribution in [3.63, 3.8) is 0 Å². The van der Waals surface area contributed by atoms with Gasteiger partial charge < -0.3 is 14.9 Å². The van der Waals surface area contributed by atoms with E-state index in [1.165, 1.54) is 26.2 Å². The minimum atomic E-state index is -0.856. The van der Waals surface area contributed by atoms with Crippen LogP contribution in [0.4, 0.5) is 0 Å². The zero-order chi connectivity index (χ0) is 11.6. The third-order valence-electron chi connectivity index (χ3n) is 1.96. The highest BCUT2D eigenvalue weighted by molar-refractivity contribution is 9.10. The quantitative estimate of drug-likeness (QED) is 0.810. The maximum Gasteiger partial charge on any atom is 0.337 e. The Morgan fingerprint density at radius 3 is 2.60 bits per heavy atom. The maximum atomic E-state index is 11.2. The molecule has 1 aromatic carbocycles. The van der Waals surface area contributed by atoms with Crippen LogP contribution in [0.3, 0.4) is 0 Å². The van der Waals surface area contributed by atoms with E-state index in [0.717, 1.165) is 0 Å². The summed E-state index contributed by atoms with van der Waals surface area (Å²) < 4.78 is 4.89. The molecule has 0 aromatic heterocycles. The van der Waals surface area contributed by atoms with E-state index in [9.17, 15) is 15.0 Å². The molecule has 0 fully saturated rings. The number of rotatable bonds is 2. The van der Waals surface area contributed by atoms with Crippen LogP contribution in [-0.4, -0.2) is 23.3 Å². The minimum absolute atomic E-state index is 0.0716. The first-order valence-electron chi connectivity index (χ1n) is 4.26. The van der Waals surface area contributed by atoms with Gasteiger partial charge in [-0.3, -0.25) is 0 Å². The molecule has 0 heterocycles. The largest absolute Gasteiger partial charge is 0.506 e. The van der Waals surface area contributed by atoms with Crippen LogP contribution in [0.1, 0.15) is 28.9 Å². The molecule has 1 atom stereocenters. The molecular weight excluding hydrogens is 264 g/mol. The van der Waals surface area contributed by atoms with Crippen LogP contribution in [0.25, 0.3) is 0 Å². The monoisotopic (exact) mass is 274 g/mol. The minimum Gasteiger partial charge on any atom is -0.506 e. The van der Waals surface area contributed by atoms with Crippen molar-refractivity contribution in [2.75, 3.05) is 7.11 Å². The second-order valence-corrected chi connectivity index (χ2v) is 3.92. The fourth-order valence-corrected chi connectivity index (χ4v) is 1.65. The summed E-state index contributed by atoms with van der Waals surface area (Å²) in [6.45, 7) is 1.50. The number of esters is 1. The molecule has 4 nitrogen and oxygen atoms in total. The molecule has 1 rings (SSSR count). The van der Waals surface area contributed by atoms with E-state index < -0.39 is 12.1 Å². The molecule has 0 amide bonds. The number of aliphatic hydroxyl groups excluding tert-OH is 1. The van der Waals surface area contributed by atoms with Crippen LogP contribution in [0, 0.1) is 0 Å². The molecule has 0 saturated carbocycles. The molecular formula is C10H11BrO4. The Balaban J connectivity index is 3.29. The summed E-state index contributed by atoms with van der Waals surface area (Å²) in [7, 11) is 1.27. The SMILES string of the molecule is COC(=O)c1cc(Br)c(O)c(C(C)O)c1. The second-order valence-electron chi connectivity index (χ2n) is 3.06. The van der Waals surface area contributed by atoms with Gasteiger partial charge in [0.2, 0.25) is 0 Å². The van der Waals surface area contributed by atoms with Gasteiger partial charge in [0.05, 0.1) is 23.2 Å². The molecule has 2 N–H and O–H groups in total. The highest BCUT2D eigenvalue weighted by atomic mass is 79.9. The molecule has 0 bridgehead atoms. The van der Waals surface area contributed by atoms with Gasteiger partial charge >= 0.3 is 5.97 Å². The molecule has 0 aliphatic carbocycles. The van der Waals surface area contributed by atoms with Crippen LogP contribution in [-0.2, 0) is 4.74 Å². The summed E-state index contributed by atoms with van der Waals surface area (Å²) in [5, 5.41) is 19.0. The van der Waals surface area contributed by atoms with Crippen molar-refractivity contribution in [2.45, 2.75) is 13.0 Å². The van der Waals surface area contributed by atoms with Crippen LogP contribution in [0.2, 0.25) is 0 Å². The lowest BCUT2D eigenvalue weighted by Gasteiger charge is -2.10. The zero-order valence-electron chi connectivity index (χ0n) is 8.32. The highest BCUT2D eigenvalue weighted by Gasteiger charge is 2.16. The normalized spacial score (nSPS) is 12.3. The third-order valence-corrected chi connectivity index (χ3v) is 2.57. The summed E-state index contributed by atoms with van der Waals surface area (Å²) in [5.41, 5.74) is 0.558. The number of ether oxygens (including phenoxy) is 1. The van der Waals surface area contributed by atoms with Crippen molar-refractivity contribution in [3.8, 4) is 5.75 Å². The highest BCUT2D eigenvalue weighted by Crippen LogP contribution is 2.33. The van der Waals surface area contributed by atoms with Crippen LogP contribution < -0.4 is 0 Å². The van der Waals surface area contributed by atoms with E-state index in [0.29, 0.717) is 4.47 Å². The van der Waals surface area contributed by atoms with E-state index in [1.54, 1.807) is 0 Å². The number of phenolic OH excluding ortho intramolecular Hbond substituents is 1. The van der Waals surface area contributed by atoms with Gasteiger partial charge in [0, 0.05) is 5.56 Å². The lowest BCUT2D eigenvalue weighted by molar-refractivity contribution is 0.0600. The van der Waals surface area contributed by atoms with Gasteiger partial charge in [0.1, 0.15) is 5.75 Å². The molecule has 5 heteroatoms. The molecule has 15 heavy (non-hydrogen) atoms. The Labute approximate surface area is 95.6 Å². The van der Waals surface area contributed by atoms with Crippen LogP contribution in [0.5, 0.6) is 5.75 Å². The van der Waals surface area contributed by atoms with E-state index in [-0.39, 0.29) is 16.9 Å². The van der Waals surface area contributed by atoms with Gasteiger partial charge in [-0.1, -0.05) is 0 Å². The van der Waals surface area contributed by atoms with Crippen LogP contribution in [0.15, 0.2) is 16.6 Å². The maximum absolute atomic E-state index is 11.2. The Morgan fingerprint density at radius 2 is 2.13 bits per heavy atom. The smallest absolute Gasteiger partial charge is 0.337 e. The Hall–Kier alpha value is -1.07. The predicted octanol–water partition coefficient (Wildman–Crippen LogP) is 1.99. The number of methoxy groups -OCH3 is 1. The molecule has 1 aromatic rings. The number of carbonyl (C=O) groups excluding carboxylic acids is 1. The topological polar surface area (TPSA) is 66.8 Å². The predicted molar refractivity (Wildman–Crippen MR) is 57.8 cm³/mol. The van der Waals surface area contributed by atoms with Gasteiger partial charge in [-0.2, -0.15) is 0 Å². The van der Waals surface area contributed by atoms with Crippen molar-refractivity contribution in [2.24, 2.45) is 0 Å². The average Bonchev–Trinajstić information content (AvgIpc) is 2.20. The fourth-order valence-electron chi connectivity index (χ4n) is 1.17. The first kappa shape index (κ1) is 12.0. The molecule has 0 aliphatic rings. The molecule has 1 unspecified atom stereocenters. The van der Waals surface area contributed by atoms with Crippen molar-refractivity contribution < 1.29 is 19.7 Å². The van der Waals surface area contributed by atoms with Gasteiger partial charge in [-0.25, -0.2) is 4.79 Å². The number of halogens is 1. The van der Waals surface area contributed by atoms with E-state index in [2.05, 4.69) is 20.7 Å². The number of hydrogen-bond donors (Lipinski definition) is 2. The number of benzene rings is 1. The van der Waals surface area contributed by atoms with Gasteiger partial charge in [-0.05, 0) is 35.0 Å². The molecule has 0 radical (unpaired) electrons.